The number of amides is 1. The van der Waals surface area contributed by atoms with E-state index in [0.717, 1.165) is 44.5 Å². The molecule has 0 unspecified atom stereocenters. The average Bonchev–Trinajstić information content (AvgIpc) is 2.25. The summed E-state index contributed by atoms with van der Waals surface area (Å²) in [7, 11) is 0. The van der Waals surface area contributed by atoms with Crippen LogP contribution in [0.1, 0.15) is 52.4 Å². The SMILES string of the molecule is CCC(CC)C(=O)NCCCCCCCl. The van der Waals surface area contributed by atoms with Crippen LogP contribution < -0.4 is 5.32 Å². The second-order valence-corrected chi connectivity index (χ2v) is 4.29. The highest BCUT2D eigenvalue weighted by atomic mass is 35.5. The van der Waals surface area contributed by atoms with E-state index >= 15 is 0 Å². The number of unbranched alkanes of at least 4 members (excludes halogenated alkanes) is 3. The van der Waals surface area contributed by atoms with E-state index in [2.05, 4.69) is 19.2 Å². The van der Waals surface area contributed by atoms with Crippen LogP contribution in [-0.2, 0) is 4.79 Å². The minimum Gasteiger partial charge on any atom is -0.356 e. The van der Waals surface area contributed by atoms with Crippen LogP contribution in [0.5, 0.6) is 0 Å². The quantitative estimate of drug-likeness (QED) is 0.480. The largest absolute Gasteiger partial charge is 0.356 e. The number of carbonyl (C=O) groups is 1. The predicted molar refractivity (Wildman–Crippen MR) is 66.3 cm³/mol. The molecule has 0 bridgehead atoms. The summed E-state index contributed by atoms with van der Waals surface area (Å²) in [6.45, 7) is 4.94. The van der Waals surface area contributed by atoms with Crippen LogP contribution in [0.25, 0.3) is 0 Å². The van der Waals surface area contributed by atoms with Gasteiger partial charge >= 0.3 is 0 Å². The molecule has 2 nitrogen and oxygen atoms in total. The first-order chi connectivity index (χ1) is 7.26. The zero-order valence-electron chi connectivity index (χ0n) is 10.0. The maximum atomic E-state index is 11.6. The van der Waals surface area contributed by atoms with Gasteiger partial charge in [-0.1, -0.05) is 26.7 Å². The van der Waals surface area contributed by atoms with Crippen molar-refractivity contribution in [2.75, 3.05) is 12.4 Å². The molecule has 1 N–H and O–H groups in total. The van der Waals surface area contributed by atoms with E-state index in [9.17, 15) is 4.79 Å². The number of alkyl halides is 1. The van der Waals surface area contributed by atoms with Gasteiger partial charge in [0.1, 0.15) is 0 Å². The fourth-order valence-electron chi connectivity index (χ4n) is 1.59. The third-order valence-electron chi connectivity index (χ3n) is 2.72. The summed E-state index contributed by atoms with van der Waals surface area (Å²) >= 11 is 5.57. The molecule has 0 aliphatic rings. The summed E-state index contributed by atoms with van der Waals surface area (Å²) in [6, 6.07) is 0. The molecule has 3 heteroatoms. The summed E-state index contributed by atoms with van der Waals surface area (Å²) in [4.78, 5) is 11.6. The first-order valence-electron chi connectivity index (χ1n) is 6.09. The van der Waals surface area contributed by atoms with E-state index in [1.165, 1.54) is 6.42 Å². The maximum absolute atomic E-state index is 11.6. The monoisotopic (exact) mass is 233 g/mol. The Labute approximate surface area is 98.8 Å². The molecule has 0 radical (unpaired) electrons. The summed E-state index contributed by atoms with van der Waals surface area (Å²) in [5.41, 5.74) is 0. The lowest BCUT2D eigenvalue weighted by Crippen LogP contribution is -2.30. The molecule has 0 fully saturated rings. The lowest BCUT2D eigenvalue weighted by atomic mass is 10.0. The zero-order chi connectivity index (χ0) is 11.5. The molecule has 0 atom stereocenters. The number of hydrogen-bond acceptors (Lipinski definition) is 1. The molecule has 1 amide bonds. The highest BCUT2D eigenvalue weighted by Gasteiger charge is 2.12. The Kier molecular flexibility index (Phi) is 10.1. The van der Waals surface area contributed by atoms with Gasteiger partial charge in [0.15, 0.2) is 0 Å². The Morgan fingerprint density at radius 1 is 1.13 bits per heavy atom. The van der Waals surface area contributed by atoms with Crippen LogP contribution in [0.2, 0.25) is 0 Å². The summed E-state index contributed by atoms with van der Waals surface area (Å²) in [6.07, 6.45) is 6.37. The van der Waals surface area contributed by atoms with Crippen molar-refractivity contribution >= 4 is 17.5 Å². The molecule has 0 rings (SSSR count). The maximum Gasteiger partial charge on any atom is 0.223 e. The summed E-state index contributed by atoms with van der Waals surface area (Å²) < 4.78 is 0. The van der Waals surface area contributed by atoms with E-state index in [0.29, 0.717) is 0 Å². The van der Waals surface area contributed by atoms with Crippen molar-refractivity contribution in [3.05, 3.63) is 0 Å². The van der Waals surface area contributed by atoms with E-state index in [-0.39, 0.29) is 11.8 Å². The standard InChI is InChI=1S/C12H24ClNO/c1-3-11(4-2)12(15)14-10-8-6-5-7-9-13/h11H,3-10H2,1-2H3,(H,14,15). The molecule has 0 spiro atoms. The lowest BCUT2D eigenvalue weighted by molar-refractivity contribution is -0.125. The number of rotatable bonds is 9. The van der Waals surface area contributed by atoms with Gasteiger partial charge in [0.05, 0.1) is 0 Å². The second-order valence-electron chi connectivity index (χ2n) is 3.91. The molecule has 0 aliphatic heterocycles. The number of hydrogen-bond donors (Lipinski definition) is 1. The Hall–Kier alpha value is -0.240. The van der Waals surface area contributed by atoms with Crippen molar-refractivity contribution in [2.24, 2.45) is 5.92 Å². The molecular formula is C12H24ClNO. The number of carbonyl (C=O) groups excluding carboxylic acids is 1. The van der Waals surface area contributed by atoms with Crippen LogP contribution in [0.15, 0.2) is 0 Å². The lowest BCUT2D eigenvalue weighted by Gasteiger charge is -2.12. The highest BCUT2D eigenvalue weighted by Crippen LogP contribution is 2.07. The van der Waals surface area contributed by atoms with E-state index in [4.69, 9.17) is 11.6 Å². The Balaban J connectivity index is 3.38. The van der Waals surface area contributed by atoms with Crippen LogP contribution in [0, 0.1) is 5.92 Å². The molecular weight excluding hydrogens is 210 g/mol. The molecule has 0 heterocycles. The van der Waals surface area contributed by atoms with Gasteiger partial charge in [0.2, 0.25) is 5.91 Å². The average molecular weight is 234 g/mol. The van der Waals surface area contributed by atoms with Crippen molar-refractivity contribution in [3.8, 4) is 0 Å². The first kappa shape index (κ1) is 14.8. The van der Waals surface area contributed by atoms with Crippen molar-refractivity contribution in [2.45, 2.75) is 52.4 Å². The van der Waals surface area contributed by atoms with Gasteiger partial charge in [-0.15, -0.1) is 11.6 Å². The van der Waals surface area contributed by atoms with Crippen LogP contribution in [0.3, 0.4) is 0 Å². The van der Waals surface area contributed by atoms with Gasteiger partial charge in [-0.05, 0) is 25.7 Å². The molecule has 0 aliphatic carbocycles. The fraction of sp³-hybridized carbons (Fsp3) is 0.917. The van der Waals surface area contributed by atoms with Gasteiger partial charge in [-0.3, -0.25) is 4.79 Å². The van der Waals surface area contributed by atoms with Gasteiger partial charge < -0.3 is 5.32 Å². The molecule has 0 saturated heterocycles. The Morgan fingerprint density at radius 2 is 1.73 bits per heavy atom. The number of halogens is 1. The van der Waals surface area contributed by atoms with Crippen molar-refractivity contribution in [3.63, 3.8) is 0 Å². The Morgan fingerprint density at radius 3 is 2.27 bits per heavy atom. The van der Waals surface area contributed by atoms with E-state index in [1.807, 2.05) is 0 Å². The molecule has 0 aromatic carbocycles. The molecule has 90 valence electrons. The third-order valence-corrected chi connectivity index (χ3v) is 2.98. The topological polar surface area (TPSA) is 29.1 Å². The van der Waals surface area contributed by atoms with Crippen LogP contribution >= 0.6 is 11.6 Å². The van der Waals surface area contributed by atoms with E-state index in [1.54, 1.807) is 0 Å². The summed E-state index contributed by atoms with van der Waals surface area (Å²) in [5, 5.41) is 2.99. The Bertz CT molecular complexity index is 158. The first-order valence-corrected chi connectivity index (χ1v) is 6.63. The zero-order valence-corrected chi connectivity index (χ0v) is 10.8. The van der Waals surface area contributed by atoms with Gasteiger partial charge in [0, 0.05) is 18.3 Å². The van der Waals surface area contributed by atoms with Crippen molar-refractivity contribution in [1.82, 2.24) is 5.32 Å². The van der Waals surface area contributed by atoms with Gasteiger partial charge in [0.25, 0.3) is 0 Å². The van der Waals surface area contributed by atoms with Gasteiger partial charge in [-0.2, -0.15) is 0 Å². The minimum atomic E-state index is 0.202. The van der Waals surface area contributed by atoms with Gasteiger partial charge in [-0.25, -0.2) is 0 Å². The van der Waals surface area contributed by atoms with Crippen molar-refractivity contribution in [1.29, 1.82) is 0 Å². The van der Waals surface area contributed by atoms with Crippen LogP contribution in [0.4, 0.5) is 0 Å². The molecule has 0 aromatic rings. The molecule has 15 heavy (non-hydrogen) atoms. The third kappa shape index (κ3) is 7.66. The van der Waals surface area contributed by atoms with E-state index < -0.39 is 0 Å². The molecule has 0 saturated carbocycles. The molecule has 0 aromatic heterocycles. The predicted octanol–water partition coefficient (Wildman–Crippen LogP) is 3.34. The fourth-order valence-corrected chi connectivity index (χ4v) is 1.78. The second kappa shape index (κ2) is 10.3. The van der Waals surface area contributed by atoms with Crippen molar-refractivity contribution < 1.29 is 4.79 Å². The normalized spacial score (nSPS) is 10.7. The number of nitrogens with one attached hydrogen (secondary N) is 1. The highest BCUT2D eigenvalue weighted by molar-refractivity contribution is 6.17. The van der Waals surface area contributed by atoms with Crippen LogP contribution in [-0.4, -0.2) is 18.3 Å². The minimum absolute atomic E-state index is 0.202. The summed E-state index contributed by atoms with van der Waals surface area (Å²) in [5.74, 6) is 1.17. The smallest absolute Gasteiger partial charge is 0.223 e.